The zero-order valence-corrected chi connectivity index (χ0v) is 35.8. The summed E-state index contributed by atoms with van der Waals surface area (Å²) in [6.45, 7) is 11.6. The highest BCUT2D eigenvalue weighted by molar-refractivity contribution is 7.13. The predicted molar refractivity (Wildman–Crippen MR) is 235 cm³/mol. The molecule has 2 amide bonds. The Morgan fingerprint density at radius 1 is 0.934 bits per heavy atom. The van der Waals surface area contributed by atoms with Crippen molar-refractivity contribution in [2.45, 2.75) is 83.0 Å². The molecule has 13 nitrogen and oxygen atoms in total. The number of aromatic hydroxyl groups is 1. The van der Waals surface area contributed by atoms with E-state index in [1.54, 1.807) is 23.5 Å². The lowest BCUT2D eigenvalue weighted by molar-refractivity contribution is -0.141. The van der Waals surface area contributed by atoms with Gasteiger partial charge in [-0.1, -0.05) is 67.5 Å². The number of thiazole rings is 1. The van der Waals surface area contributed by atoms with Crippen molar-refractivity contribution in [2.75, 3.05) is 37.6 Å². The number of carbonyl (C=O) groups excluding carboxylic acids is 2. The van der Waals surface area contributed by atoms with Gasteiger partial charge >= 0.3 is 0 Å². The van der Waals surface area contributed by atoms with Crippen LogP contribution in [0.3, 0.4) is 0 Å². The van der Waals surface area contributed by atoms with E-state index in [2.05, 4.69) is 53.7 Å². The Morgan fingerprint density at radius 3 is 2.43 bits per heavy atom. The van der Waals surface area contributed by atoms with E-state index in [4.69, 9.17) is 4.52 Å². The SMILES string of the molecule is Cc1ncsc1-c1ccc([C@H](C)NC(=O)[C@@H]2C[C@@H](O)CN2C(=O)[C@@H](c2cc(N3CCC(N4CC(c5ccc6cc(-c7ccccc7O)nnc6c5)C4)CC3)no2)C(C)C)cc1. The molecule has 3 aliphatic heterocycles. The first kappa shape index (κ1) is 40.7. The summed E-state index contributed by atoms with van der Waals surface area (Å²) in [5.41, 5.74) is 8.29. The van der Waals surface area contributed by atoms with E-state index >= 15 is 0 Å². The molecule has 3 fully saturated rings. The number of aliphatic hydroxyl groups is 1. The topological polar surface area (TPSA) is 161 Å². The Balaban J connectivity index is 0.787. The number of aliphatic hydroxyl groups excluding tert-OH is 1. The molecule has 0 bridgehead atoms. The lowest BCUT2D eigenvalue weighted by Crippen LogP contribution is -2.54. The van der Waals surface area contributed by atoms with Crippen molar-refractivity contribution in [1.82, 2.24) is 35.5 Å². The summed E-state index contributed by atoms with van der Waals surface area (Å²) in [4.78, 5) is 39.9. The number of para-hydroxylation sites is 1. The molecule has 4 atom stereocenters. The van der Waals surface area contributed by atoms with Crippen LogP contribution in [-0.2, 0) is 9.59 Å². The van der Waals surface area contributed by atoms with Crippen LogP contribution in [0.4, 0.5) is 5.82 Å². The number of carbonyl (C=O) groups is 2. The third-order valence-electron chi connectivity index (χ3n) is 12.9. The highest BCUT2D eigenvalue weighted by Gasteiger charge is 2.44. The monoisotopic (exact) mass is 840 g/mol. The van der Waals surface area contributed by atoms with Crippen molar-refractivity contribution in [3.8, 4) is 27.4 Å². The van der Waals surface area contributed by atoms with Gasteiger partial charge in [0.25, 0.3) is 0 Å². The van der Waals surface area contributed by atoms with Gasteiger partial charge in [-0.15, -0.1) is 21.5 Å². The summed E-state index contributed by atoms with van der Waals surface area (Å²) in [6.07, 6.45) is 1.37. The molecule has 6 aromatic rings. The molecule has 0 aliphatic carbocycles. The Morgan fingerprint density at radius 2 is 1.70 bits per heavy atom. The maximum atomic E-state index is 14.3. The number of phenolic OH excluding ortho intramolecular Hbond substituents is 1. The number of nitrogens with zero attached hydrogens (tertiary/aromatic N) is 7. The molecule has 3 N–H and O–H groups in total. The van der Waals surface area contributed by atoms with Gasteiger partial charge in [-0.2, -0.15) is 0 Å². The molecule has 0 radical (unpaired) electrons. The van der Waals surface area contributed by atoms with Gasteiger partial charge in [0.2, 0.25) is 11.8 Å². The number of aromatic nitrogens is 4. The van der Waals surface area contributed by atoms with Gasteiger partial charge in [0.1, 0.15) is 17.7 Å². The lowest BCUT2D eigenvalue weighted by Gasteiger charge is -2.47. The van der Waals surface area contributed by atoms with Crippen molar-refractivity contribution >= 4 is 39.9 Å². The maximum absolute atomic E-state index is 14.3. The smallest absolute Gasteiger partial charge is 0.243 e. The molecule has 0 unspecified atom stereocenters. The second-order valence-corrected chi connectivity index (χ2v) is 18.1. The predicted octanol–water partition coefficient (Wildman–Crippen LogP) is 7.07. The van der Waals surface area contributed by atoms with Gasteiger partial charge < -0.3 is 29.9 Å². The normalized spacial score (nSPS) is 20.0. The van der Waals surface area contributed by atoms with Gasteiger partial charge in [0, 0.05) is 68.1 Å². The quantitative estimate of drug-likeness (QED) is 0.122. The lowest BCUT2D eigenvalue weighted by atomic mass is 9.87. The number of rotatable bonds is 11. The minimum Gasteiger partial charge on any atom is -0.507 e. The maximum Gasteiger partial charge on any atom is 0.243 e. The van der Waals surface area contributed by atoms with Crippen LogP contribution < -0.4 is 10.2 Å². The Bertz CT molecular complexity index is 2530. The highest BCUT2D eigenvalue weighted by atomic mass is 32.1. The largest absolute Gasteiger partial charge is 0.507 e. The average Bonchev–Trinajstić information content (AvgIpc) is 4.01. The molecule has 14 heteroatoms. The van der Waals surface area contributed by atoms with E-state index in [0.29, 0.717) is 29.0 Å². The zero-order chi connectivity index (χ0) is 42.4. The summed E-state index contributed by atoms with van der Waals surface area (Å²) in [5.74, 6) is 0.507. The fourth-order valence-electron chi connectivity index (χ4n) is 9.30. The first-order valence-electron chi connectivity index (χ1n) is 21.3. The molecule has 3 aliphatic rings. The second-order valence-electron chi connectivity index (χ2n) is 17.3. The van der Waals surface area contributed by atoms with Crippen molar-refractivity contribution < 1.29 is 24.3 Å². The summed E-state index contributed by atoms with van der Waals surface area (Å²) >= 11 is 1.60. The van der Waals surface area contributed by atoms with Crippen molar-refractivity contribution in [1.29, 1.82) is 0 Å². The number of piperidine rings is 1. The van der Waals surface area contributed by atoms with Gasteiger partial charge in [-0.3, -0.25) is 14.5 Å². The number of phenols is 1. The molecule has 0 saturated carbocycles. The van der Waals surface area contributed by atoms with Gasteiger partial charge in [-0.05, 0) is 73.6 Å². The van der Waals surface area contributed by atoms with Crippen LogP contribution in [0, 0.1) is 12.8 Å². The van der Waals surface area contributed by atoms with Crippen LogP contribution in [0.1, 0.15) is 80.5 Å². The third kappa shape index (κ3) is 8.23. The first-order valence-corrected chi connectivity index (χ1v) is 22.2. The molecule has 3 aromatic carbocycles. The van der Waals surface area contributed by atoms with Crippen LogP contribution in [0.25, 0.3) is 32.6 Å². The van der Waals surface area contributed by atoms with Crippen LogP contribution >= 0.6 is 11.3 Å². The molecular weight excluding hydrogens is 789 g/mol. The summed E-state index contributed by atoms with van der Waals surface area (Å²) in [6, 6.07) is 24.9. The molecule has 61 heavy (non-hydrogen) atoms. The van der Waals surface area contributed by atoms with E-state index in [0.717, 1.165) is 77.4 Å². The van der Waals surface area contributed by atoms with Gasteiger partial charge in [0.15, 0.2) is 11.6 Å². The molecular formula is C47H52N8O5S. The molecule has 3 saturated heterocycles. The number of hydrogen-bond donors (Lipinski definition) is 3. The average molecular weight is 841 g/mol. The molecule has 3 aromatic heterocycles. The van der Waals surface area contributed by atoms with Crippen LogP contribution in [0.15, 0.2) is 88.9 Å². The highest BCUT2D eigenvalue weighted by Crippen LogP contribution is 2.37. The van der Waals surface area contributed by atoms with Crippen LogP contribution in [0.2, 0.25) is 0 Å². The van der Waals surface area contributed by atoms with Crippen molar-refractivity contribution in [3.05, 3.63) is 107 Å². The number of benzene rings is 3. The van der Waals surface area contributed by atoms with Crippen molar-refractivity contribution in [3.63, 3.8) is 0 Å². The van der Waals surface area contributed by atoms with Gasteiger partial charge in [0.05, 0.1) is 39.4 Å². The summed E-state index contributed by atoms with van der Waals surface area (Å²) in [7, 11) is 0. The van der Waals surface area contributed by atoms with Gasteiger partial charge in [-0.25, -0.2) is 4.98 Å². The Hall–Kier alpha value is -5.70. The van der Waals surface area contributed by atoms with Crippen LogP contribution in [0.5, 0.6) is 5.75 Å². The number of anilines is 1. The minimum atomic E-state index is -0.800. The van der Waals surface area contributed by atoms with E-state index < -0.39 is 18.1 Å². The first-order chi connectivity index (χ1) is 29.5. The summed E-state index contributed by atoms with van der Waals surface area (Å²) in [5, 5.41) is 38.4. The zero-order valence-electron chi connectivity index (χ0n) is 34.9. The third-order valence-corrected chi connectivity index (χ3v) is 13.9. The standard InChI is InChI=1S/C47H52N8O5S/c1-27(2)44(47(59)55-25-36(56)21-40(55)46(58)49-28(3)30-9-11-31(12-10-30)45-29(4)48-26-61-45)42-22-43(52-60-42)53-17-15-35(16-18-53)54-23-34(24-54)32-13-14-33-20-39(51-50-38(33)19-32)37-7-5-6-8-41(37)57/h5-14,19-20,22,26-28,34-36,40,44,56-57H,15-18,21,23-25H2,1-4H3,(H,49,58)/t28-,36+,40-,44+/m0/s1. The molecule has 6 heterocycles. The Labute approximate surface area is 359 Å². The number of β-amino-alcohol motifs (C(OH)–C–C–N with tert-alkyl or cyclic N) is 1. The molecule has 316 valence electrons. The van der Waals surface area contributed by atoms with Crippen molar-refractivity contribution in [2.24, 2.45) is 5.92 Å². The molecule has 0 spiro atoms. The van der Waals surface area contributed by atoms with E-state index in [1.807, 2.05) is 81.7 Å². The fourth-order valence-corrected chi connectivity index (χ4v) is 10.1. The fraction of sp³-hybridized carbons (Fsp3) is 0.404. The number of nitrogens with one attached hydrogen (secondary N) is 1. The number of aryl methyl sites for hydroxylation is 1. The number of hydrogen-bond acceptors (Lipinski definition) is 12. The van der Waals surface area contributed by atoms with E-state index in [1.165, 1.54) is 10.5 Å². The number of likely N-dealkylation sites (tertiary alicyclic amines) is 2. The number of amides is 2. The summed E-state index contributed by atoms with van der Waals surface area (Å²) < 4.78 is 5.91. The van der Waals surface area contributed by atoms with Crippen LogP contribution in [-0.4, -0.2) is 103 Å². The second kappa shape index (κ2) is 17.0. The Kier molecular flexibility index (Phi) is 11.3. The molecule has 9 rings (SSSR count). The minimum absolute atomic E-state index is 0.0833. The van der Waals surface area contributed by atoms with E-state index in [-0.39, 0.29) is 42.5 Å². The number of fused-ring (bicyclic) bond motifs is 1. The van der Waals surface area contributed by atoms with E-state index in [9.17, 15) is 19.8 Å².